The van der Waals surface area contributed by atoms with Gasteiger partial charge in [0.2, 0.25) is 0 Å². The molecule has 0 saturated carbocycles. The number of rotatable bonds is 5. The van der Waals surface area contributed by atoms with E-state index >= 15 is 0 Å². The molecular formula is C19H28N2O2. The summed E-state index contributed by atoms with van der Waals surface area (Å²) < 4.78 is 0. The lowest BCUT2D eigenvalue weighted by Gasteiger charge is -2.34. The molecule has 0 aliphatic carbocycles. The van der Waals surface area contributed by atoms with Gasteiger partial charge < -0.3 is 10.2 Å². The highest BCUT2D eigenvalue weighted by molar-refractivity contribution is 5.16. The van der Waals surface area contributed by atoms with Crippen LogP contribution in [0.15, 0.2) is 42.0 Å². The van der Waals surface area contributed by atoms with Crippen molar-refractivity contribution in [2.45, 2.75) is 44.6 Å². The van der Waals surface area contributed by atoms with Gasteiger partial charge in [-0.1, -0.05) is 42.0 Å². The van der Waals surface area contributed by atoms with Crippen LogP contribution in [-0.4, -0.2) is 58.5 Å². The first-order chi connectivity index (χ1) is 11.2. The molecule has 23 heavy (non-hydrogen) atoms. The minimum atomic E-state index is -0.394. The third-order valence-electron chi connectivity index (χ3n) is 5.00. The zero-order chi connectivity index (χ0) is 16.1. The molecule has 126 valence electrons. The van der Waals surface area contributed by atoms with Crippen molar-refractivity contribution in [3.8, 4) is 0 Å². The van der Waals surface area contributed by atoms with Crippen LogP contribution in [0.3, 0.4) is 0 Å². The molecule has 4 heteroatoms. The average molecular weight is 316 g/mol. The number of hydrogen-bond acceptors (Lipinski definition) is 4. The topological polar surface area (TPSA) is 46.9 Å². The molecule has 0 aromatic heterocycles. The Morgan fingerprint density at radius 2 is 1.83 bits per heavy atom. The smallest absolute Gasteiger partial charge is 0.111 e. The molecule has 1 saturated heterocycles. The lowest BCUT2D eigenvalue weighted by atomic mass is 10.0. The van der Waals surface area contributed by atoms with Crippen molar-refractivity contribution in [3.05, 3.63) is 47.5 Å². The van der Waals surface area contributed by atoms with Gasteiger partial charge in [0, 0.05) is 39.1 Å². The summed E-state index contributed by atoms with van der Waals surface area (Å²) in [5, 5.41) is 20.0. The lowest BCUT2D eigenvalue weighted by Crippen LogP contribution is -2.43. The number of benzene rings is 1. The van der Waals surface area contributed by atoms with Crippen LogP contribution in [0.5, 0.6) is 0 Å². The van der Waals surface area contributed by atoms with Crippen molar-refractivity contribution in [1.82, 2.24) is 9.80 Å². The summed E-state index contributed by atoms with van der Waals surface area (Å²) in [4.78, 5) is 4.55. The summed E-state index contributed by atoms with van der Waals surface area (Å²) >= 11 is 0. The summed E-state index contributed by atoms with van der Waals surface area (Å²) in [6.45, 7) is 4.63. The summed E-state index contributed by atoms with van der Waals surface area (Å²) in [7, 11) is 0. The number of nitrogens with zero attached hydrogens (tertiary/aromatic N) is 2. The molecule has 0 spiro atoms. The van der Waals surface area contributed by atoms with Crippen molar-refractivity contribution in [2.75, 3.05) is 26.2 Å². The van der Waals surface area contributed by atoms with Crippen LogP contribution in [0, 0.1) is 0 Å². The molecule has 2 aliphatic rings. The fraction of sp³-hybridized carbons (Fsp3) is 0.579. The van der Waals surface area contributed by atoms with Crippen LogP contribution >= 0.6 is 0 Å². The largest absolute Gasteiger partial charge is 0.393 e. The third-order valence-corrected chi connectivity index (χ3v) is 5.00. The van der Waals surface area contributed by atoms with E-state index in [4.69, 9.17) is 0 Å². The van der Waals surface area contributed by atoms with Crippen molar-refractivity contribution in [2.24, 2.45) is 0 Å². The van der Waals surface area contributed by atoms with Crippen LogP contribution in [-0.2, 0) is 6.54 Å². The molecule has 0 amide bonds. The number of likely N-dealkylation sites (tertiary alicyclic amines) is 1. The highest BCUT2D eigenvalue weighted by atomic mass is 16.3. The van der Waals surface area contributed by atoms with E-state index in [0.29, 0.717) is 0 Å². The second-order valence-corrected chi connectivity index (χ2v) is 6.78. The molecule has 0 radical (unpaired) electrons. The maximum atomic E-state index is 10.4. The quantitative estimate of drug-likeness (QED) is 0.816. The number of aliphatic hydroxyl groups excluding tert-OH is 2. The molecule has 4 nitrogen and oxygen atoms in total. The third kappa shape index (κ3) is 4.88. The van der Waals surface area contributed by atoms with E-state index in [9.17, 15) is 10.2 Å². The maximum Gasteiger partial charge on any atom is 0.111 e. The summed E-state index contributed by atoms with van der Waals surface area (Å²) in [6, 6.07) is 10.6. The first kappa shape index (κ1) is 16.7. The van der Waals surface area contributed by atoms with Gasteiger partial charge in [-0.2, -0.15) is 0 Å². The molecule has 1 aromatic rings. The van der Waals surface area contributed by atoms with Crippen LogP contribution in [0.25, 0.3) is 0 Å². The van der Waals surface area contributed by atoms with E-state index in [2.05, 4.69) is 46.2 Å². The van der Waals surface area contributed by atoms with E-state index < -0.39 is 6.23 Å². The van der Waals surface area contributed by atoms with E-state index in [1.54, 1.807) is 0 Å². The average Bonchev–Trinajstić information content (AvgIpc) is 2.58. The van der Waals surface area contributed by atoms with Gasteiger partial charge in [0.05, 0.1) is 6.10 Å². The Labute approximate surface area is 139 Å². The minimum absolute atomic E-state index is 0.182. The van der Waals surface area contributed by atoms with E-state index in [1.165, 1.54) is 11.1 Å². The van der Waals surface area contributed by atoms with Crippen LogP contribution in [0.1, 0.15) is 31.2 Å². The molecule has 0 bridgehead atoms. The normalized spacial score (nSPS) is 22.8. The summed E-state index contributed by atoms with van der Waals surface area (Å²) in [6.07, 6.45) is 5.06. The SMILES string of the molecule is OC1CCN(C(O)CC2=CCN(Cc3ccccc3)CC2)CC1. The second-order valence-electron chi connectivity index (χ2n) is 6.78. The van der Waals surface area contributed by atoms with Gasteiger partial charge in [-0.25, -0.2) is 0 Å². The Morgan fingerprint density at radius 1 is 1.09 bits per heavy atom. The first-order valence-corrected chi connectivity index (χ1v) is 8.75. The fourth-order valence-corrected chi connectivity index (χ4v) is 3.47. The van der Waals surface area contributed by atoms with E-state index in [1.807, 2.05) is 0 Å². The molecular weight excluding hydrogens is 288 g/mol. The molecule has 1 unspecified atom stereocenters. The lowest BCUT2D eigenvalue weighted by molar-refractivity contribution is -0.0323. The van der Waals surface area contributed by atoms with E-state index in [-0.39, 0.29) is 6.10 Å². The van der Waals surface area contributed by atoms with Gasteiger partial charge in [-0.15, -0.1) is 0 Å². The molecule has 2 N–H and O–H groups in total. The van der Waals surface area contributed by atoms with Gasteiger partial charge in [-0.3, -0.25) is 9.80 Å². The molecule has 1 aromatic carbocycles. The molecule has 1 fully saturated rings. The Balaban J connectivity index is 1.45. The standard InChI is InChI=1S/C19H28N2O2/c22-18-8-12-21(13-9-18)19(23)14-16-6-10-20(11-7-16)15-17-4-2-1-3-5-17/h1-6,18-19,22-23H,7-15H2. The summed E-state index contributed by atoms with van der Waals surface area (Å²) in [5.41, 5.74) is 2.73. The second kappa shape index (κ2) is 8.06. The van der Waals surface area contributed by atoms with E-state index in [0.717, 1.165) is 58.4 Å². The first-order valence-electron chi connectivity index (χ1n) is 8.75. The highest BCUT2D eigenvalue weighted by Gasteiger charge is 2.24. The predicted molar refractivity (Wildman–Crippen MR) is 91.9 cm³/mol. The number of hydrogen-bond donors (Lipinski definition) is 2. The minimum Gasteiger partial charge on any atom is -0.393 e. The van der Waals surface area contributed by atoms with Crippen molar-refractivity contribution in [3.63, 3.8) is 0 Å². The Kier molecular flexibility index (Phi) is 5.84. The van der Waals surface area contributed by atoms with Crippen molar-refractivity contribution < 1.29 is 10.2 Å². The molecule has 2 heterocycles. The predicted octanol–water partition coefficient (Wildman–Crippen LogP) is 1.98. The zero-order valence-corrected chi connectivity index (χ0v) is 13.8. The number of piperidine rings is 1. The molecule has 2 aliphatic heterocycles. The van der Waals surface area contributed by atoms with Gasteiger partial charge >= 0.3 is 0 Å². The molecule has 1 atom stereocenters. The van der Waals surface area contributed by atoms with Gasteiger partial charge in [0.1, 0.15) is 6.23 Å². The van der Waals surface area contributed by atoms with Crippen LogP contribution < -0.4 is 0 Å². The van der Waals surface area contributed by atoms with Crippen LogP contribution in [0.4, 0.5) is 0 Å². The van der Waals surface area contributed by atoms with Gasteiger partial charge in [0.25, 0.3) is 0 Å². The van der Waals surface area contributed by atoms with Crippen molar-refractivity contribution in [1.29, 1.82) is 0 Å². The Bertz CT molecular complexity index is 509. The number of aliphatic hydroxyl groups is 2. The summed E-state index contributed by atoms with van der Waals surface area (Å²) in [5.74, 6) is 0. The fourth-order valence-electron chi connectivity index (χ4n) is 3.47. The van der Waals surface area contributed by atoms with Gasteiger partial charge in [0.15, 0.2) is 0 Å². The zero-order valence-electron chi connectivity index (χ0n) is 13.8. The van der Waals surface area contributed by atoms with Crippen molar-refractivity contribution >= 4 is 0 Å². The van der Waals surface area contributed by atoms with Crippen LogP contribution in [0.2, 0.25) is 0 Å². The Morgan fingerprint density at radius 3 is 2.48 bits per heavy atom. The molecule has 3 rings (SSSR count). The maximum absolute atomic E-state index is 10.4. The monoisotopic (exact) mass is 316 g/mol. The van der Waals surface area contributed by atoms with Gasteiger partial charge in [-0.05, 0) is 24.8 Å². The Hall–Kier alpha value is -1.20. The highest BCUT2D eigenvalue weighted by Crippen LogP contribution is 2.21.